The zero-order valence-corrected chi connectivity index (χ0v) is 18.3. The van der Waals surface area contributed by atoms with Crippen molar-refractivity contribution in [3.63, 3.8) is 0 Å². The van der Waals surface area contributed by atoms with Gasteiger partial charge in [0.2, 0.25) is 0 Å². The van der Waals surface area contributed by atoms with Crippen molar-refractivity contribution in [3.05, 3.63) is 77.4 Å². The van der Waals surface area contributed by atoms with E-state index in [1.807, 2.05) is 6.07 Å². The third-order valence-corrected chi connectivity index (χ3v) is 5.90. The zero-order chi connectivity index (χ0) is 22.7. The second kappa shape index (κ2) is 9.36. The number of nitrogens with zero attached hydrogens (tertiary/aromatic N) is 3. The first-order chi connectivity index (χ1) is 15.4. The van der Waals surface area contributed by atoms with Gasteiger partial charge in [0.15, 0.2) is 6.61 Å². The maximum Gasteiger partial charge on any atom is 0.326 e. The van der Waals surface area contributed by atoms with Crippen LogP contribution in [0.15, 0.2) is 55.1 Å². The standard InChI is InChI=1S/C25H27N3O4/c1-18-6-5-7-20(14-18)15-26-10-12-27(13-11-26)23(29)17-32-24(30)16-28-19(2)21-8-3-4-9-22(21)25(28)31/h3-9,14H,2,10-13,15-17H2,1H3. The number of fused-ring (bicyclic) bond motifs is 1. The van der Waals surface area contributed by atoms with Crippen LogP contribution >= 0.6 is 0 Å². The monoisotopic (exact) mass is 433 g/mol. The molecule has 0 bridgehead atoms. The van der Waals surface area contributed by atoms with Gasteiger partial charge >= 0.3 is 5.97 Å². The van der Waals surface area contributed by atoms with E-state index in [0.29, 0.717) is 29.9 Å². The first kappa shape index (κ1) is 21.8. The molecule has 0 aromatic heterocycles. The molecule has 0 unspecified atom stereocenters. The largest absolute Gasteiger partial charge is 0.454 e. The van der Waals surface area contributed by atoms with Crippen LogP contribution in [0.25, 0.3) is 5.70 Å². The van der Waals surface area contributed by atoms with Gasteiger partial charge in [-0.2, -0.15) is 0 Å². The Hall–Kier alpha value is -3.45. The fourth-order valence-electron chi connectivity index (χ4n) is 4.13. The van der Waals surface area contributed by atoms with Crippen LogP contribution in [0.2, 0.25) is 0 Å². The van der Waals surface area contributed by atoms with E-state index in [9.17, 15) is 14.4 Å². The van der Waals surface area contributed by atoms with Gasteiger partial charge in [-0.3, -0.25) is 24.2 Å². The van der Waals surface area contributed by atoms with Gasteiger partial charge in [-0.05, 0) is 18.6 Å². The van der Waals surface area contributed by atoms with Gasteiger partial charge in [-0.15, -0.1) is 0 Å². The van der Waals surface area contributed by atoms with Crippen LogP contribution in [0, 0.1) is 6.92 Å². The SMILES string of the molecule is C=C1c2ccccc2C(=O)N1CC(=O)OCC(=O)N1CCN(Cc2cccc(C)c2)CC1. The molecule has 2 aromatic rings. The molecule has 7 heteroatoms. The summed E-state index contributed by atoms with van der Waals surface area (Å²) in [5, 5.41) is 0. The molecule has 0 N–H and O–H groups in total. The van der Waals surface area contributed by atoms with Crippen molar-refractivity contribution in [2.45, 2.75) is 13.5 Å². The summed E-state index contributed by atoms with van der Waals surface area (Å²) in [4.78, 5) is 42.6. The molecule has 32 heavy (non-hydrogen) atoms. The Bertz CT molecular complexity index is 1020. The Kier molecular flexibility index (Phi) is 6.37. The Morgan fingerprint density at radius 3 is 2.41 bits per heavy atom. The fourth-order valence-corrected chi connectivity index (χ4v) is 4.13. The first-order valence-electron chi connectivity index (χ1n) is 10.7. The number of esters is 1. The topological polar surface area (TPSA) is 70.2 Å². The minimum Gasteiger partial charge on any atom is -0.454 e. The Balaban J connectivity index is 1.21. The van der Waals surface area contributed by atoms with Crippen molar-refractivity contribution >= 4 is 23.5 Å². The molecule has 2 aromatic carbocycles. The maximum atomic E-state index is 12.5. The highest BCUT2D eigenvalue weighted by Crippen LogP contribution is 2.30. The zero-order valence-electron chi connectivity index (χ0n) is 18.3. The third-order valence-electron chi connectivity index (χ3n) is 5.90. The van der Waals surface area contributed by atoms with Gasteiger partial charge in [-0.25, -0.2) is 0 Å². The van der Waals surface area contributed by atoms with Gasteiger partial charge in [0.1, 0.15) is 6.54 Å². The van der Waals surface area contributed by atoms with Crippen LogP contribution in [0.1, 0.15) is 27.0 Å². The van der Waals surface area contributed by atoms with Crippen LogP contribution in [0.4, 0.5) is 0 Å². The molecule has 4 rings (SSSR count). The summed E-state index contributed by atoms with van der Waals surface area (Å²) in [5.74, 6) is -1.12. The number of piperazine rings is 1. The molecule has 0 atom stereocenters. The number of amides is 2. The van der Waals surface area contributed by atoms with E-state index in [4.69, 9.17) is 4.74 Å². The van der Waals surface area contributed by atoms with Gasteiger partial charge in [0.25, 0.3) is 11.8 Å². The molecule has 0 radical (unpaired) electrons. The van der Waals surface area contributed by atoms with Crippen molar-refractivity contribution in [1.29, 1.82) is 0 Å². The van der Waals surface area contributed by atoms with Crippen molar-refractivity contribution in [1.82, 2.24) is 14.7 Å². The molecule has 0 spiro atoms. The van der Waals surface area contributed by atoms with E-state index in [-0.39, 0.29) is 25.0 Å². The summed E-state index contributed by atoms with van der Waals surface area (Å²) in [6.45, 7) is 9.00. The first-order valence-corrected chi connectivity index (χ1v) is 10.7. The van der Waals surface area contributed by atoms with E-state index < -0.39 is 5.97 Å². The second-order valence-electron chi connectivity index (χ2n) is 8.19. The molecule has 0 aliphatic carbocycles. The average Bonchev–Trinajstić information content (AvgIpc) is 3.03. The van der Waals surface area contributed by atoms with Crippen LogP contribution in [-0.2, 0) is 20.9 Å². The summed E-state index contributed by atoms with van der Waals surface area (Å²) in [5.41, 5.74) is 4.20. The van der Waals surface area contributed by atoms with Crippen molar-refractivity contribution in [2.24, 2.45) is 0 Å². The molecule has 1 saturated heterocycles. The van der Waals surface area contributed by atoms with Crippen LogP contribution in [0.5, 0.6) is 0 Å². The molecular formula is C25H27N3O4. The van der Waals surface area contributed by atoms with E-state index >= 15 is 0 Å². The summed E-state index contributed by atoms with van der Waals surface area (Å²) >= 11 is 0. The minimum atomic E-state index is -0.626. The highest BCUT2D eigenvalue weighted by molar-refractivity contribution is 6.10. The molecule has 2 aliphatic rings. The van der Waals surface area contributed by atoms with E-state index in [2.05, 4.69) is 42.7 Å². The Labute approximate surface area is 187 Å². The predicted molar refractivity (Wildman–Crippen MR) is 121 cm³/mol. The summed E-state index contributed by atoms with van der Waals surface area (Å²) in [7, 11) is 0. The predicted octanol–water partition coefficient (Wildman–Crippen LogP) is 2.31. The number of hydrogen-bond donors (Lipinski definition) is 0. The van der Waals surface area contributed by atoms with E-state index in [1.54, 1.807) is 23.1 Å². The smallest absolute Gasteiger partial charge is 0.326 e. The number of carbonyl (C=O) groups is 3. The van der Waals surface area contributed by atoms with E-state index in [1.165, 1.54) is 16.0 Å². The lowest BCUT2D eigenvalue weighted by Gasteiger charge is -2.34. The number of rotatable bonds is 6. The summed E-state index contributed by atoms with van der Waals surface area (Å²) in [6, 6.07) is 15.5. The minimum absolute atomic E-state index is 0.219. The lowest BCUT2D eigenvalue weighted by atomic mass is 10.1. The molecule has 1 fully saturated rings. The molecule has 7 nitrogen and oxygen atoms in total. The molecule has 166 valence electrons. The highest BCUT2D eigenvalue weighted by atomic mass is 16.5. The van der Waals surface area contributed by atoms with Crippen molar-refractivity contribution in [3.8, 4) is 0 Å². The van der Waals surface area contributed by atoms with Gasteiger partial charge in [-0.1, -0.05) is 54.6 Å². The van der Waals surface area contributed by atoms with Gasteiger partial charge < -0.3 is 9.64 Å². The second-order valence-corrected chi connectivity index (χ2v) is 8.19. The average molecular weight is 434 g/mol. The van der Waals surface area contributed by atoms with Crippen molar-refractivity contribution in [2.75, 3.05) is 39.3 Å². The quantitative estimate of drug-likeness (QED) is 0.654. The summed E-state index contributed by atoms with van der Waals surface area (Å²) < 4.78 is 5.17. The van der Waals surface area contributed by atoms with Crippen LogP contribution < -0.4 is 0 Å². The number of ether oxygens (including phenoxy) is 1. The maximum absolute atomic E-state index is 12.5. The fraction of sp³-hybridized carbons (Fsp3) is 0.320. The Morgan fingerprint density at radius 1 is 1.00 bits per heavy atom. The molecule has 0 saturated carbocycles. The Morgan fingerprint density at radius 2 is 1.72 bits per heavy atom. The number of hydrogen-bond acceptors (Lipinski definition) is 5. The normalized spacial score (nSPS) is 16.3. The third kappa shape index (κ3) is 4.73. The summed E-state index contributed by atoms with van der Waals surface area (Å²) in [6.07, 6.45) is 0. The molecule has 2 heterocycles. The molecule has 2 aliphatic heterocycles. The number of aryl methyl sites for hydroxylation is 1. The number of benzene rings is 2. The molecular weight excluding hydrogens is 406 g/mol. The van der Waals surface area contributed by atoms with Crippen molar-refractivity contribution < 1.29 is 19.1 Å². The lowest BCUT2D eigenvalue weighted by Crippen LogP contribution is -2.49. The van der Waals surface area contributed by atoms with Gasteiger partial charge in [0.05, 0.1) is 0 Å². The van der Waals surface area contributed by atoms with Crippen LogP contribution in [0.3, 0.4) is 0 Å². The van der Waals surface area contributed by atoms with Crippen LogP contribution in [-0.4, -0.2) is 71.8 Å². The lowest BCUT2D eigenvalue weighted by molar-refractivity contribution is -0.152. The van der Waals surface area contributed by atoms with Gasteiger partial charge in [0, 0.05) is 49.5 Å². The highest BCUT2D eigenvalue weighted by Gasteiger charge is 2.32. The molecule has 2 amide bonds. The van der Waals surface area contributed by atoms with E-state index in [0.717, 1.165) is 19.6 Å². The number of carbonyl (C=O) groups excluding carboxylic acids is 3.